The number of aromatic amines is 1. The number of hydrogen-bond acceptors (Lipinski definition) is 4. The van der Waals surface area contributed by atoms with Gasteiger partial charge in [0.25, 0.3) is 5.91 Å². The largest absolute Gasteiger partial charge is 0.368 e. The summed E-state index contributed by atoms with van der Waals surface area (Å²) in [7, 11) is 0. The molecule has 3 heterocycles. The van der Waals surface area contributed by atoms with Crippen LogP contribution in [0.3, 0.4) is 0 Å². The van der Waals surface area contributed by atoms with E-state index < -0.39 is 0 Å². The fourth-order valence-corrected chi connectivity index (χ4v) is 3.60. The van der Waals surface area contributed by atoms with Crippen molar-refractivity contribution in [1.29, 1.82) is 0 Å². The minimum Gasteiger partial charge on any atom is -0.368 e. The van der Waals surface area contributed by atoms with Crippen LogP contribution in [0, 0.1) is 0 Å². The molecular formula is C20H21N4O3+. The minimum absolute atomic E-state index is 0.161. The van der Waals surface area contributed by atoms with Crippen molar-refractivity contribution >= 4 is 23.4 Å². The van der Waals surface area contributed by atoms with Crippen LogP contribution in [-0.2, 0) is 16.0 Å². The van der Waals surface area contributed by atoms with Gasteiger partial charge in [-0.1, -0.05) is 18.2 Å². The van der Waals surface area contributed by atoms with Gasteiger partial charge in [-0.3, -0.25) is 19.3 Å². The van der Waals surface area contributed by atoms with Crippen LogP contribution in [-0.4, -0.2) is 60.2 Å². The molecule has 2 aliphatic heterocycles. The SMILES string of the molecule is O=C(CN1C(=O)Cc2ccccc2C1=O)N1CCN(c2cc[nH+]cc2)CC1. The Morgan fingerprint density at radius 1 is 0.963 bits per heavy atom. The highest BCUT2D eigenvalue weighted by atomic mass is 16.2. The Bertz CT molecular complexity index is 876. The molecule has 27 heavy (non-hydrogen) atoms. The number of fused-ring (bicyclic) bond motifs is 1. The Kier molecular flexibility index (Phi) is 4.58. The van der Waals surface area contributed by atoms with Crippen LogP contribution in [0.4, 0.5) is 5.69 Å². The molecule has 0 radical (unpaired) electrons. The quantitative estimate of drug-likeness (QED) is 0.737. The van der Waals surface area contributed by atoms with Crippen molar-refractivity contribution in [3.63, 3.8) is 0 Å². The first-order valence-corrected chi connectivity index (χ1v) is 9.05. The van der Waals surface area contributed by atoms with E-state index >= 15 is 0 Å². The van der Waals surface area contributed by atoms with Crippen LogP contribution in [0.5, 0.6) is 0 Å². The summed E-state index contributed by atoms with van der Waals surface area (Å²) < 4.78 is 0. The Morgan fingerprint density at radius 2 is 1.67 bits per heavy atom. The molecule has 2 aromatic rings. The lowest BCUT2D eigenvalue weighted by Crippen LogP contribution is -2.53. The highest BCUT2D eigenvalue weighted by Gasteiger charge is 2.33. The number of H-pyrrole nitrogens is 1. The molecule has 3 amide bonds. The van der Waals surface area contributed by atoms with Gasteiger partial charge in [0.15, 0.2) is 12.4 Å². The highest BCUT2D eigenvalue weighted by Crippen LogP contribution is 2.20. The Labute approximate surface area is 157 Å². The summed E-state index contributed by atoms with van der Waals surface area (Å²) in [4.78, 5) is 45.6. The van der Waals surface area contributed by atoms with E-state index in [-0.39, 0.29) is 30.7 Å². The topological polar surface area (TPSA) is 75.1 Å². The third-order valence-corrected chi connectivity index (χ3v) is 5.13. The van der Waals surface area contributed by atoms with E-state index in [9.17, 15) is 14.4 Å². The average Bonchev–Trinajstić information content (AvgIpc) is 2.72. The summed E-state index contributed by atoms with van der Waals surface area (Å²) in [5.41, 5.74) is 2.35. The molecule has 7 nitrogen and oxygen atoms in total. The number of rotatable bonds is 3. The number of aromatic nitrogens is 1. The molecule has 0 aliphatic carbocycles. The molecule has 1 fully saturated rings. The predicted molar refractivity (Wildman–Crippen MR) is 98.0 cm³/mol. The normalized spacial score (nSPS) is 17.1. The maximum absolute atomic E-state index is 12.7. The second-order valence-corrected chi connectivity index (χ2v) is 6.74. The zero-order valence-electron chi connectivity index (χ0n) is 14.9. The molecule has 138 valence electrons. The molecule has 2 aliphatic rings. The van der Waals surface area contributed by atoms with Gasteiger partial charge >= 0.3 is 0 Å². The Morgan fingerprint density at radius 3 is 2.41 bits per heavy atom. The molecule has 0 atom stereocenters. The lowest BCUT2D eigenvalue weighted by Gasteiger charge is -2.37. The molecule has 1 aromatic heterocycles. The van der Waals surface area contributed by atoms with E-state index in [1.807, 2.05) is 30.6 Å². The molecule has 0 unspecified atom stereocenters. The van der Waals surface area contributed by atoms with Crippen molar-refractivity contribution in [3.05, 3.63) is 59.9 Å². The maximum atomic E-state index is 12.7. The number of carbonyl (C=O) groups excluding carboxylic acids is 3. The summed E-state index contributed by atoms with van der Waals surface area (Å²) in [6, 6.07) is 11.1. The summed E-state index contributed by atoms with van der Waals surface area (Å²) in [6.07, 6.45) is 3.91. The smallest absolute Gasteiger partial charge is 0.261 e. The van der Waals surface area contributed by atoms with E-state index in [2.05, 4.69) is 9.88 Å². The second-order valence-electron chi connectivity index (χ2n) is 6.74. The third kappa shape index (κ3) is 3.40. The van der Waals surface area contributed by atoms with Gasteiger partial charge in [0, 0.05) is 49.6 Å². The number of pyridine rings is 1. The van der Waals surface area contributed by atoms with Gasteiger partial charge in [0.1, 0.15) is 6.54 Å². The lowest BCUT2D eigenvalue weighted by molar-refractivity contribution is -0.377. The van der Waals surface area contributed by atoms with Crippen molar-refractivity contribution in [3.8, 4) is 0 Å². The van der Waals surface area contributed by atoms with Crippen LogP contribution in [0.1, 0.15) is 15.9 Å². The second kappa shape index (κ2) is 7.19. The van der Waals surface area contributed by atoms with Crippen molar-refractivity contribution < 1.29 is 19.4 Å². The van der Waals surface area contributed by atoms with E-state index in [0.29, 0.717) is 18.7 Å². The van der Waals surface area contributed by atoms with E-state index in [1.165, 1.54) is 0 Å². The number of carbonyl (C=O) groups is 3. The molecule has 0 bridgehead atoms. The number of imide groups is 1. The third-order valence-electron chi connectivity index (χ3n) is 5.13. The summed E-state index contributed by atoms with van der Waals surface area (Å²) in [5.74, 6) is -0.877. The van der Waals surface area contributed by atoms with Crippen LogP contribution in [0.15, 0.2) is 48.8 Å². The van der Waals surface area contributed by atoms with Crippen LogP contribution < -0.4 is 9.88 Å². The predicted octanol–water partition coefficient (Wildman–Crippen LogP) is 0.374. The molecule has 1 saturated heterocycles. The lowest BCUT2D eigenvalue weighted by atomic mass is 9.98. The van der Waals surface area contributed by atoms with Gasteiger partial charge in [-0.15, -0.1) is 0 Å². The fourth-order valence-electron chi connectivity index (χ4n) is 3.60. The number of nitrogens with zero attached hydrogens (tertiary/aromatic N) is 3. The number of hydrogen-bond donors (Lipinski definition) is 0. The zero-order chi connectivity index (χ0) is 18.8. The van der Waals surface area contributed by atoms with Gasteiger partial charge < -0.3 is 9.80 Å². The van der Waals surface area contributed by atoms with Crippen molar-refractivity contribution in [1.82, 2.24) is 9.80 Å². The number of piperazine rings is 1. The number of anilines is 1. The Balaban J connectivity index is 1.39. The summed E-state index contributed by atoms with van der Waals surface area (Å²) in [6.45, 7) is 2.40. The van der Waals surface area contributed by atoms with Gasteiger partial charge in [-0.2, -0.15) is 0 Å². The van der Waals surface area contributed by atoms with Crippen LogP contribution in [0.2, 0.25) is 0 Å². The van der Waals surface area contributed by atoms with Gasteiger partial charge in [-0.05, 0) is 11.6 Å². The van der Waals surface area contributed by atoms with Gasteiger partial charge in [0.05, 0.1) is 6.42 Å². The monoisotopic (exact) mass is 365 g/mol. The molecule has 0 spiro atoms. The van der Waals surface area contributed by atoms with Crippen molar-refractivity contribution in [2.75, 3.05) is 37.6 Å². The summed E-state index contributed by atoms with van der Waals surface area (Å²) in [5, 5.41) is 0. The minimum atomic E-state index is -0.380. The highest BCUT2D eigenvalue weighted by molar-refractivity contribution is 6.11. The van der Waals surface area contributed by atoms with Crippen LogP contribution >= 0.6 is 0 Å². The number of amides is 3. The zero-order valence-corrected chi connectivity index (χ0v) is 14.9. The molecule has 0 saturated carbocycles. The first kappa shape index (κ1) is 17.2. The van der Waals surface area contributed by atoms with E-state index in [1.54, 1.807) is 23.1 Å². The Hall–Kier alpha value is -3.22. The van der Waals surface area contributed by atoms with Gasteiger partial charge in [0.2, 0.25) is 11.8 Å². The van der Waals surface area contributed by atoms with Crippen molar-refractivity contribution in [2.45, 2.75) is 6.42 Å². The van der Waals surface area contributed by atoms with Crippen LogP contribution in [0.25, 0.3) is 0 Å². The molecule has 1 aromatic carbocycles. The molecule has 4 rings (SSSR count). The molecular weight excluding hydrogens is 344 g/mol. The molecule has 1 N–H and O–H groups in total. The molecule has 7 heteroatoms. The summed E-state index contributed by atoms with van der Waals surface area (Å²) >= 11 is 0. The number of nitrogens with one attached hydrogen (secondary N) is 1. The van der Waals surface area contributed by atoms with Gasteiger partial charge in [-0.25, -0.2) is 4.98 Å². The van der Waals surface area contributed by atoms with Crippen molar-refractivity contribution in [2.24, 2.45) is 0 Å². The first-order chi connectivity index (χ1) is 13.1. The fraction of sp³-hybridized carbons (Fsp3) is 0.300. The average molecular weight is 365 g/mol. The maximum Gasteiger partial charge on any atom is 0.261 e. The van der Waals surface area contributed by atoms with E-state index in [0.717, 1.165) is 29.2 Å². The van der Waals surface area contributed by atoms with E-state index in [4.69, 9.17) is 0 Å². The number of benzene rings is 1. The first-order valence-electron chi connectivity index (χ1n) is 9.05. The standard InChI is InChI=1S/C20H20N4O3/c25-18-13-15-3-1-2-4-17(15)20(27)24(18)14-19(26)23-11-9-22(10-12-23)16-5-7-21-8-6-16/h1-8H,9-14H2/p+1.